The molecule has 2 aliphatic rings. The Kier molecular flexibility index (Phi) is 11.7. The van der Waals surface area contributed by atoms with Gasteiger partial charge in [-0.25, -0.2) is 4.79 Å². The van der Waals surface area contributed by atoms with Gasteiger partial charge in [-0.2, -0.15) is 0 Å². The Morgan fingerprint density at radius 3 is 2.24 bits per heavy atom. The van der Waals surface area contributed by atoms with Crippen molar-refractivity contribution in [2.75, 3.05) is 6.61 Å². The van der Waals surface area contributed by atoms with E-state index in [2.05, 4.69) is 80.7 Å². The van der Waals surface area contributed by atoms with Crippen molar-refractivity contribution in [3.05, 3.63) is 29.3 Å². The zero-order valence-corrected chi connectivity index (χ0v) is 30.8. The van der Waals surface area contributed by atoms with Crippen LogP contribution in [0, 0.1) is 17.8 Å². The minimum Gasteiger partial charge on any atom is -0.482 e. The lowest BCUT2D eigenvalue weighted by Gasteiger charge is -2.42. The van der Waals surface area contributed by atoms with Gasteiger partial charge in [0.2, 0.25) is 0 Å². The van der Waals surface area contributed by atoms with Crippen LogP contribution in [0.2, 0.25) is 36.3 Å². The van der Waals surface area contributed by atoms with E-state index in [0.717, 1.165) is 44.3 Å². The highest BCUT2D eigenvalue weighted by Gasteiger charge is 2.50. The lowest BCUT2D eigenvalue weighted by Crippen LogP contribution is -2.46. The molecular weight excluding hydrogens is 557 g/mol. The van der Waals surface area contributed by atoms with Gasteiger partial charge in [-0.1, -0.05) is 79.9 Å². The van der Waals surface area contributed by atoms with Crippen molar-refractivity contribution in [2.45, 2.75) is 155 Å². The summed E-state index contributed by atoms with van der Waals surface area (Å²) in [5, 5.41) is 9.58. The summed E-state index contributed by atoms with van der Waals surface area (Å²) in [4.78, 5) is 11.2. The van der Waals surface area contributed by atoms with Gasteiger partial charge in [-0.15, -0.1) is 0 Å². The van der Waals surface area contributed by atoms with Crippen molar-refractivity contribution in [3.63, 3.8) is 0 Å². The minimum absolute atomic E-state index is 0.167. The van der Waals surface area contributed by atoms with E-state index in [9.17, 15) is 9.90 Å². The van der Waals surface area contributed by atoms with Crippen molar-refractivity contribution in [3.8, 4) is 5.75 Å². The van der Waals surface area contributed by atoms with Gasteiger partial charge in [0.25, 0.3) is 0 Å². The first-order valence-electron chi connectivity index (χ1n) is 16.7. The second-order valence-electron chi connectivity index (χ2n) is 16.3. The molecule has 42 heavy (non-hydrogen) atoms. The molecule has 1 aromatic rings. The van der Waals surface area contributed by atoms with Gasteiger partial charge in [-0.05, 0) is 110 Å². The van der Waals surface area contributed by atoms with E-state index in [1.54, 1.807) is 0 Å². The number of carbonyl (C=O) groups is 1. The molecule has 0 spiro atoms. The highest BCUT2D eigenvalue weighted by atomic mass is 28.4. The fourth-order valence-electron chi connectivity index (χ4n) is 6.60. The molecule has 1 fully saturated rings. The summed E-state index contributed by atoms with van der Waals surface area (Å²) in [6, 6.07) is 6.20. The first-order chi connectivity index (χ1) is 19.4. The molecule has 0 heterocycles. The van der Waals surface area contributed by atoms with Gasteiger partial charge < -0.3 is 18.7 Å². The molecule has 2 unspecified atom stereocenters. The largest absolute Gasteiger partial charge is 0.482 e. The van der Waals surface area contributed by atoms with Crippen LogP contribution in [-0.4, -0.2) is 46.5 Å². The topological polar surface area (TPSA) is 65.0 Å². The van der Waals surface area contributed by atoms with Gasteiger partial charge in [0.15, 0.2) is 23.2 Å². The number of fused-ring (bicyclic) bond motifs is 2. The van der Waals surface area contributed by atoms with Gasteiger partial charge in [0.05, 0.1) is 0 Å². The quantitative estimate of drug-likeness (QED) is 0.166. The standard InChI is InChI=1S/C35H62O5Si2/c1-12-13-14-17-27(39-41(8,9)34(2,3)4)19-20-28-29-21-25-16-15-18-31(38-24-33(36)37)30(25)22-26(29)23-32(28)40-42(10,11)35(5,6)7/h15-16,18,26-29,32H,12-14,17,19-24H2,1-11H3,(H,36,37)/t26-,27?,28+,29-,32?/m0/s1. The van der Waals surface area contributed by atoms with Gasteiger partial charge >= 0.3 is 5.97 Å². The predicted octanol–water partition coefficient (Wildman–Crippen LogP) is 9.64. The number of carboxylic acid groups (broad SMARTS) is 1. The third-order valence-corrected chi connectivity index (χ3v) is 20.2. The van der Waals surface area contributed by atoms with E-state index in [1.165, 1.54) is 30.4 Å². The number of carboxylic acids is 1. The second-order valence-corrected chi connectivity index (χ2v) is 25.8. The zero-order chi connectivity index (χ0) is 31.5. The van der Waals surface area contributed by atoms with Crippen LogP contribution in [0.4, 0.5) is 0 Å². The molecule has 0 amide bonds. The predicted molar refractivity (Wildman–Crippen MR) is 180 cm³/mol. The Hall–Kier alpha value is -1.16. The average Bonchev–Trinajstić information content (AvgIpc) is 3.18. The summed E-state index contributed by atoms with van der Waals surface area (Å²) < 4.78 is 20.1. The van der Waals surface area contributed by atoms with E-state index < -0.39 is 22.6 Å². The van der Waals surface area contributed by atoms with Crippen molar-refractivity contribution in [2.24, 2.45) is 17.8 Å². The Bertz CT molecular complexity index is 1040. The molecular formula is C35H62O5Si2. The lowest BCUT2D eigenvalue weighted by atomic mass is 9.73. The normalized spacial score (nSPS) is 23.8. The molecule has 2 aliphatic carbocycles. The fourth-order valence-corrected chi connectivity index (χ4v) is 9.40. The molecule has 3 rings (SSSR count). The summed E-state index contributed by atoms with van der Waals surface area (Å²) in [6.45, 7) is 25.6. The van der Waals surface area contributed by atoms with E-state index >= 15 is 0 Å². The smallest absolute Gasteiger partial charge is 0.341 e. The Morgan fingerprint density at radius 1 is 0.976 bits per heavy atom. The maximum atomic E-state index is 11.2. The first kappa shape index (κ1) is 35.3. The van der Waals surface area contributed by atoms with Crippen LogP contribution in [-0.2, 0) is 26.5 Å². The van der Waals surface area contributed by atoms with Crippen LogP contribution >= 0.6 is 0 Å². The number of ether oxygens (including phenoxy) is 1. The average molecular weight is 619 g/mol. The fraction of sp³-hybridized carbons (Fsp3) is 0.800. The highest BCUT2D eigenvalue weighted by Crippen LogP contribution is 2.52. The molecule has 0 aromatic heterocycles. The second kappa shape index (κ2) is 13.9. The molecule has 0 radical (unpaired) electrons. The van der Waals surface area contributed by atoms with Crippen LogP contribution in [0.15, 0.2) is 18.2 Å². The zero-order valence-electron chi connectivity index (χ0n) is 28.8. The van der Waals surface area contributed by atoms with E-state index in [4.69, 9.17) is 13.6 Å². The van der Waals surface area contributed by atoms with Crippen LogP contribution in [0.3, 0.4) is 0 Å². The minimum atomic E-state index is -1.95. The van der Waals surface area contributed by atoms with Crippen LogP contribution < -0.4 is 4.74 Å². The lowest BCUT2D eigenvalue weighted by molar-refractivity contribution is -0.139. The third-order valence-electron chi connectivity index (χ3n) is 11.1. The van der Waals surface area contributed by atoms with Gasteiger partial charge in [0.1, 0.15) is 5.75 Å². The molecule has 5 atom stereocenters. The van der Waals surface area contributed by atoms with Crippen LogP contribution in [0.5, 0.6) is 5.75 Å². The van der Waals surface area contributed by atoms with E-state index in [0.29, 0.717) is 23.9 Å². The Labute approximate surface area is 259 Å². The summed E-state index contributed by atoms with van der Waals surface area (Å²) in [6.07, 6.45) is 10.8. The van der Waals surface area contributed by atoms with Crippen molar-refractivity contribution in [1.82, 2.24) is 0 Å². The third kappa shape index (κ3) is 8.73. The summed E-state index contributed by atoms with van der Waals surface area (Å²) in [5.74, 6) is 1.44. The molecule has 5 nitrogen and oxygen atoms in total. The molecule has 0 bridgehead atoms. The Balaban J connectivity index is 1.87. The monoisotopic (exact) mass is 618 g/mol. The number of benzene rings is 1. The van der Waals surface area contributed by atoms with Crippen LogP contribution in [0.25, 0.3) is 0 Å². The molecule has 0 aliphatic heterocycles. The first-order valence-corrected chi connectivity index (χ1v) is 22.5. The summed E-state index contributed by atoms with van der Waals surface area (Å²) >= 11 is 0. The number of hydrogen-bond acceptors (Lipinski definition) is 4. The molecule has 1 saturated carbocycles. The number of hydrogen-bond donors (Lipinski definition) is 1. The SMILES string of the molecule is CCCCCC(CC[C@H]1C(O[Si](C)(C)C(C)(C)C)C[C@@H]2Cc3c(cccc3OCC(=O)O)C[C@@H]21)O[Si](C)(C)C(C)(C)C. The molecule has 1 N–H and O–H groups in total. The number of unbranched alkanes of at least 4 members (excludes halogenated alkanes) is 2. The molecule has 1 aromatic carbocycles. The van der Waals surface area contributed by atoms with Gasteiger partial charge in [-0.3, -0.25) is 0 Å². The maximum Gasteiger partial charge on any atom is 0.341 e. The van der Waals surface area contributed by atoms with Crippen LogP contribution in [0.1, 0.15) is 105 Å². The van der Waals surface area contributed by atoms with Crippen molar-refractivity contribution >= 4 is 22.6 Å². The maximum absolute atomic E-state index is 11.2. The van der Waals surface area contributed by atoms with Crippen molar-refractivity contribution in [1.29, 1.82) is 0 Å². The van der Waals surface area contributed by atoms with Gasteiger partial charge in [0, 0.05) is 12.2 Å². The van der Waals surface area contributed by atoms with E-state index in [1.807, 2.05) is 12.1 Å². The van der Waals surface area contributed by atoms with Crippen molar-refractivity contribution < 1.29 is 23.5 Å². The van der Waals surface area contributed by atoms with E-state index in [-0.39, 0.29) is 22.8 Å². The summed E-state index contributed by atoms with van der Waals surface area (Å²) in [7, 11) is -3.82. The molecule has 7 heteroatoms. The number of rotatable bonds is 14. The molecule has 240 valence electrons. The Morgan fingerprint density at radius 2 is 1.64 bits per heavy atom. The number of aliphatic carboxylic acids is 1. The summed E-state index contributed by atoms with van der Waals surface area (Å²) in [5.41, 5.74) is 2.54. The molecule has 0 saturated heterocycles. The highest BCUT2D eigenvalue weighted by molar-refractivity contribution is 6.74.